The Morgan fingerprint density at radius 1 is 1.10 bits per heavy atom. The number of hydrogen-bond donors (Lipinski definition) is 2. The molecule has 10 heteroatoms. The van der Waals surface area contributed by atoms with E-state index in [-0.39, 0.29) is 11.5 Å². The molecule has 0 aromatic heterocycles. The predicted molar refractivity (Wildman–Crippen MR) is 74.9 cm³/mol. The maximum absolute atomic E-state index is 10.4. The molecule has 1 fully saturated rings. The zero-order chi connectivity index (χ0) is 15.6. The SMILES string of the molecule is C=CCS(=O)(=O)O.O=S(=O)(O)CCCN1CCOCC1. The standard InChI is InChI=1S/C7H15NO4S.C3H6O3S/c9-13(10,11)7-1-2-8-3-5-12-6-4-8;1-2-3-7(4,5)6/h1-7H2,(H,9,10,11);2H,1,3H2,(H,4,5,6). The van der Waals surface area contributed by atoms with E-state index in [1.54, 1.807) is 0 Å². The number of ether oxygens (including phenoxy) is 1. The smallest absolute Gasteiger partial charge is 0.268 e. The van der Waals surface area contributed by atoms with Crippen LogP contribution in [-0.2, 0) is 25.0 Å². The normalized spacial score (nSPS) is 17.1. The molecule has 1 aliphatic rings. The Morgan fingerprint density at radius 2 is 1.65 bits per heavy atom. The molecule has 8 nitrogen and oxygen atoms in total. The van der Waals surface area contributed by atoms with Gasteiger partial charge in [0, 0.05) is 13.1 Å². The molecule has 0 radical (unpaired) electrons. The molecular formula is C10H21NO7S2. The summed E-state index contributed by atoms with van der Waals surface area (Å²) < 4.78 is 61.7. The Labute approximate surface area is 119 Å². The van der Waals surface area contributed by atoms with Crippen molar-refractivity contribution in [3.8, 4) is 0 Å². The van der Waals surface area contributed by atoms with Crippen molar-refractivity contribution in [3.63, 3.8) is 0 Å². The first kappa shape index (κ1) is 19.5. The summed E-state index contributed by atoms with van der Waals surface area (Å²) in [7, 11) is -7.58. The predicted octanol–water partition coefficient (Wildman–Crippen LogP) is -0.343. The number of nitrogens with zero attached hydrogens (tertiary/aromatic N) is 1. The van der Waals surface area contributed by atoms with Crippen molar-refractivity contribution >= 4 is 20.2 Å². The van der Waals surface area contributed by atoms with Crippen LogP contribution in [0.5, 0.6) is 0 Å². The third kappa shape index (κ3) is 13.9. The van der Waals surface area contributed by atoms with Crippen molar-refractivity contribution in [2.75, 3.05) is 44.4 Å². The first-order valence-electron chi connectivity index (χ1n) is 5.95. The fourth-order valence-electron chi connectivity index (χ4n) is 1.44. The van der Waals surface area contributed by atoms with E-state index in [0.717, 1.165) is 19.2 Å². The van der Waals surface area contributed by atoms with Crippen LogP contribution in [0, 0.1) is 0 Å². The number of morpholine rings is 1. The van der Waals surface area contributed by atoms with Crippen LogP contribution in [0.3, 0.4) is 0 Å². The van der Waals surface area contributed by atoms with Gasteiger partial charge < -0.3 is 4.74 Å². The maximum Gasteiger partial charge on any atom is 0.268 e. The zero-order valence-corrected chi connectivity index (χ0v) is 12.8. The Kier molecular flexibility index (Phi) is 9.18. The van der Waals surface area contributed by atoms with Crippen LogP contribution < -0.4 is 0 Å². The molecule has 0 amide bonds. The van der Waals surface area contributed by atoms with Crippen molar-refractivity contribution in [2.45, 2.75) is 6.42 Å². The second kappa shape index (κ2) is 9.42. The Morgan fingerprint density at radius 3 is 2.00 bits per heavy atom. The fourth-order valence-corrected chi connectivity index (χ4v) is 2.24. The van der Waals surface area contributed by atoms with E-state index in [2.05, 4.69) is 11.5 Å². The molecule has 0 atom stereocenters. The maximum atomic E-state index is 10.4. The molecule has 1 aliphatic heterocycles. The first-order chi connectivity index (χ1) is 9.14. The summed E-state index contributed by atoms with van der Waals surface area (Å²) in [5, 5.41) is 0. The van der Waals surface area contributed by atoms with Crippen LogP contribution in [0.2, 0.25) is 0 Å². The van der Waals surface area contributed by atoms with E-state index in [0.29, 0.717) is 26.2 Å². The summed E-state index contributed by atoms with van der Waals surface area (Å²) >= 11 is 0. The molecule has 1 saturated heterocycles. The summed E-state index contributed by atoms with van der Waals surface area (Å²) in [5.41, 5.74) is 0. The average molecular weight is 331 g/mol. The molecule has 0 saturated carbocycles. The lowest BCUT2D eigenvalue weighted by atomic mass is 10.4. The Hall–Kier alpha value is -0.520. The summed E-state index contributed by atoms with van der Waals surface area (Å²) in [6.07, 6.45) is 1.61. The highest BCUT2D eigenvalue weighted by Crippen LogP contribution is 1.99. The summed E-state index contributed by atoms with van der Waals surface area (Å²) in [6, 6.07) is 0. The lowest BCUT2D eigenvalue weighted by Gasteiger charge is -2.26. The van der Waals surface area contributed by atoms with Gasteiger partial charge in [-0.15, -0.1) is 6.58 Å². The van der Waals surface area contributed by atoms with Crippen molar-refractivity contribution in [3.05, 3.63) is 12.7 Å². The molecule has 1 rings (SSSR count). The van der Waals surface area contributed by atoms with Gasteiger partial charge in [0.25, 0.3) is 20.2 Å². The summed E-state index contributed by atoms with van der Waals surface area (Å²) in [6.45, 7) is 6.95. The van der Waals surface area contributed by atoms with E-state index < -0.39 is 20.2 Å². The molecule has 2 N–H and O–H groups in total. The molecule has 0 spiro atoms. The molecule has 0 aromatic carbocycles. The highest BCUT2D eigenvalue weighted by Gasteiger charge is 2.11. The topological polar surface area (TPSA) is 121 Å². The Balaban J connectivity index is 0.000000441. The lowest BCUT2D eigenvalue weighted by molar-refractivity contribution is 0.0380. The van der Waals surface area contributed by atoms with Crippen LogP contribution in [0.1, 0.15) is 6.42 Å². The minimum Gasteiger partial charge on any atom is -0.379 e. The van der Waals surface area contributed by atoms with E-state index in [1.165, 1.54) is 0 Å². The second-order valence-corrected chi connectivity index (χ2v) is 7.20. The molecule has 0 aromatic rings. The molecular weight excluding hydrogens is 310 g/mol. The molecule has 20 heavy (non-hydrogen) atoms. The Bertz CT molecular complexity index is 466. The van der Waals surface area contributed by atoms with Crippen molar-refractivity contribution < 1.29 is 30.7 Å². The van der Waals surface area contributed by atoms with Gasteiger partial charge in [-0.25, -0.2) is 0 Å². The van der Waals surface area contributed by atoms with Gasteiger partial charge >= 0.3 is 0 Å². The summed E-state index contributed by atoms with van der Waals surface area (Å²) in [4.78, 5) is 2.13. The quantitative estimate of drug-likeness (QED) is 0.501. The van der Waals surface area contributed by atoms with Crippen LogP contribution in [0.4, 0.5) is 0 Å². The molecule has 0 bridgehead atoms. The third-order valence-electron chi connectivity index (χ3n) is 2.31. The van der Waals surface area contributed by atoms with Gasteiger partial charge in [0.05, 0.1) is 24.7 Å². The zero-order valence-electron chi connectivity index (χ0n) is 11.1. The minimum absolute atomic E-state index is 0.148. The van der Waals surface area contributed by atoms with E-state index in [9.17, 15) is 16.8 Å². The van der Waals surface area contributed by atoms with Gasteiger partial charge in [-0.3, -0.25) is 14.0 Å². The van der Waals surface area contributed by atoms with E-state index >= 15 is 0 Å². The van der Waals surface area contributed by atoms with Crippen molar-refractivity contribution in [1.82, 2.24) is 4.90 Å². The van der Waals surface area contributed by atoms with Gasteiger partial charge in [-0.2, -0.15) is 16.8 Å². The van der Waals surface area contributed by atoms with Crippen molar-refractivity contribution in [2.24, 2.45) is 0 Å². The van der Waals surface area contributed by atoms with E-state index in [4.69, 9.17) is 13.8 Å². The fraction of sp³-hybridized carbons (Fsp3) is 0.800. The van der Waals surface area contributed by atoms with Gasteiger partial charge in [0.15, 0.2) is 0 Å². The molecule has 0 unspecified atom stereocenters. The number of rotatable bonds is 6. The van der Waals surface area contributed by atoms with Gasteiger partial charge in [0.1, 0.15) is 0 Å². The summed E-state index contributed by atoms with van der Waals surface area (Å²) in [5.74, 6) is -0.517. The molecule has 1 heterocycles. The van der Waals surface area contributed by atoms with Crippen molar-refractivity contribution in [1.29, 1.82) is 0 Å². The van der Waals surface area contributed by atoms with Gasteiger partial charge in [0.2, 0.25) is 0 Å². The van der Waals surface area contributed by atoms with Gasteiger partial charge in [-0.05, 0) is 13.0 Å². The van der Waals surface area contributed by atoms with Crippen LogP contribution in [-0.4, -0.2) is 75.2 Å². The monoisotopic (exact) mass is 331 g/mol. The van der Waals surface area contributed by atoms with Crippen LogP contribution in [0.15, 0.2) is 12.7 Å². The largest absolute Gasteiger partial charge is 0.379 e. The minimum atomic E-state index is -3.79. The van der Waals surface area contributed by atoms with Gasteiger partial charge in [-0.1, -0.05) is 6.08 Å². The average Bonchev–Trinajstić information content (AvgIpc) is 2.28. The van der Waals surface area contributed by atoms with Crippen LogP contribution >= 0.6 is 0 Å². The van der Waals surface area contributed by atoms with E-state index in [1.807, 2.05) is 0 Å². The first-order valence-corrected chi connectivity index (χ1v) is 9.17. The lowest BCUT2D eigenvalue weighted by Crippen LogP contribution is -2.37. The second-order valence-electron chi connectivity index (χ2n) is 4.13. The molecule has 0 aliphatic carbocycles. The molecule has 120 valence electrons. The third-order valence-corrected chi connectivity index (χ3v) is 3.77. The number of hydrogen-bond acceptors (Lipinski definition) is 6. The highest BCUT2D eigenvalue weighted by atomic mass is 32.2. The van der Waals surface area contributed by atoms with Crippen LogP contribution in [0.25, 0.3) is 0 Å². The highest BCUT2D eigenvalue weighted by molar-refractivity contribution is 7.86.